The van der Waals surface area contributed by atoms with Gasteiger partial charge in [0.15, 0.2) is 11.6 Å². The molecule has 0 aliphatic rings. The number of ether oxygens (including phenoxy) is 1. The van der Waals surface area contributed by atoms with E-state index in [0.29, 0.717) is 24.0 Å². The van der Waals surface area contributed by atoms with Gasteiger partial charge >= 0.3 is 0 Å². The third-order valence-electron chi connectivity index (χ3n) is 4.41. The average Bonchev–Trinajstić information content (AvgIpc) is 2.73. The lowest BCUT2D eigenvalue weighted by molar-refractivity contribution is 0.306. The van der Waals surface area contributed by atoms with Gasteiger partial charge in [-0.2, -0.15) is 12.6 Å². The van der Waals surface area contributed by atoms with Crippen molar-refractivity contribution in [1.29, 1.82) is 0 Å². The quantitative estimate of drug-likeness (QED) is 0.262. The van der Waals surface area contributed by atoms with Crippen molar-refractivity contribution in [2.45, 2.75) is 19.6 Å². The molecule has 3 aromatic rings. The van der Waals surface area contributed by atoms with Crippen molar-refractivity contribution in [2.24, 2.45) is 0 Å². The molecule has 29 heavy (non-hydrogen) atoms. The number of benzene rings is 3. The highest BCUT2D eigenvalue weighted by Crippen LogP contribution is 2.27. The summed E-state index contributed by atoms with van der Waals surface area (Å²) in [5, 5.41) is 3.37. The van der Waals surface area contributed by atoms with Crippen molar-refractivity contribution in [3.8, 4) is 16.9 Å². The molecule has 0 unspecified atom stereocenters. The molecule has 6 heteroatoms. The molecule has 1 N–H and O–H groups in total. The maximum absolute atomic E-state index is 13.9. The Bertz CT molecular complexity index is 947. The predicted octanol–water partition coefficient (Wildman–Crippen LogP) is 5.76. The number of rotatable bonds is 9. The smallest absolute Gasteiger partial charge is 0.161 e. The van der Waals surface area contributed by atoms with E-state index in [-0.39, 0.29) is 5.56 Å². The van der Waals surface area contributed by atoms with Crippen LogP contribution in [0, 0.1) is 17.5 Å². The fourth-order valence-corrected chi connectivity index (χ4v) is 3.07. The van der Waals surface area contributed by atoms with E-state index >= 15 is 0 Å². The largest absolute Gasteiger partial charge is 0.489 e. The summed E-state index contributed by atoms with van der Waals surface area (Å²) in [6.45, 7) is 2.11. The molecule has 0 bridgehead atoms. The molecular formula is C23H22F3NOS. The lowest BCUT2D eigenvalue weighted by Gasteiger charge is -2.10. The van der Waals surface area contributed by atoms with Crippen molar-refractivity contribution in [3.05, 3.63) is 89.2 Å². The van der Waals surface area contributed by atoms with Crippen LogP contribution in [0.15, 0.2) is 60.7 Å². The Balaban J connectivity index is 1.60. The molecule has 0 aliphatic carbocycles. The Kier molecular flexibility index (Phi) is 7.61. The monoisotopic (exact) mass is 417 g/mol. The minimum Gasteiger partial charge on any atom is -0.489 e. The van der Waals surface area contributed by atoms with Crippen LogP contribution in [0.1, 0.15) is 17.5 Å². The van der Waals surface area contributed by atoms with Crippen molar-refractivity contribution < 1.29 is 17.9 Å². The van der Waals surface area contributed by atoms with Crippen LogP contribution in [-0.2, 0) is 13.2 Å². The standard InChI is InChI=1S/C23H22F3NOS/c24-21-13-23(26)22(25)12-20(21)18-5-7-19(8-6-18)28-15-17-4-1-3-16(11-17)14-27-9-2-10-29/h1,3-8,11-13,27,29H,2,9-10,14-15H2. The van der Waals surface area contributed by atoms with Crippen LogP contribution >= 0.6 is 12.6 Å². The summed E-state index contributed by atoms with van der Waals surface area (Å²) in [6.07, 6.45) is 1.02. The van der Waals surface area contributed by atoms with E-state index < -0.39 is 17.5 Å². The molecule has 3 aromatic carbocycles. The second-order valence-corrected chi connectivity index (χ2v) is 7.08. The summed E-state index contributed by atoms with van der Waals surface area (Å²) in [5.41, 5.74) is 2.67. The Labute approximate surface area is 174 Å². The van der Waals surface area contributed by atoms with Gasteiger partial charge in [0.2, 0.25) is 0 Å². The number of nitrogens with one attached hydrogen (secondary N) is 1. The molecule has 0 saturated heterocycles. The first-order chi connectivity index (χ1) is 14.1. The second kappa shape index (κ2) is 10.4. The zero-order valence-electron chi connectivity index (χ0n) is 15.8. The van der Waals surface area contributed by atoms with Gasteiger partial charge in [0.1, 0.15) is 18.2 Å². The van der Waals surface area contributed by atoms with Crippen LogP contribution in [-0.4, -0.2) is 12.3 Å². The van der Waals surface area contributed by atoms with E-state index in [1.165, 1.54) is 5.56 Å². The highest BCUT2D eigenvalue weighted by atomic mass is 32.1. The molecule has 0 fully saturated rings. The van der Waals surface area contributed by atoms with Crippen LogP contribution < -0.4 is 10.1 Å². The third kappa shape index (κ3) is 6.02. The van der Waals surface area contributed by atoms with Crippen molar-refractivity contribution in [3.63, 3.8) is 0 Å². The zero-order valence-corrected chi connectivity index (χ0v) is 16.7. The number of halogens is 3. The number of thiol groups is 1. The molecule has 2 nitrogen and oxygen atoms in total. The van der Waals surface area contributed by atoms with Gasteiger partial charge in [-0.05, 0) is 53.6 Å². The van der Waals surface area contributed by atoms with Crippen LogP contribution in [0.2, 0.25) is 0 Å². The normalized spacial score (nSPS) is 10.9. The SMILES string of the molecule is Fc1cc(F)c(-c2ccc(OCc3cccc(CNCCCS)c3)cc2)cc1F. The van der Waals surface area contributed by atoms with Gasteiger partial charge in [-0.25, -0.2) is 13.2 Å². The van der Waals surface area contributed by atoms with Crippen molar-refractivity contribution >= 4 is 12.6 Å². The number of hydrogen-bond acceptors (Lipinski definition) is 3. The minimum atomic E-state index is -1.20. The highest BCUT2D eigenvalue weighted by molar-refractivity contribution is 7.80. The fourth-order valence-electron chi connectivity index (χ4n) is 2.91. The first kappa shape index (κ1) is 21.3. The molecule has 0 atom stereocenters. The van der Waals surface area contributed by atoms with Gasteiger partial charge in [0, 0.05) is 18.2 Å². The second-order valence-electron chi connectivity index (χ2n) is 6.63. The summed E-state index contributed by atoms with van der Waals surface area (Å²) in [6, 6.07) is 16.1. The summed E-state index contributed by atoms with van der Waals surface area (Å²) >= 11 is 4.19. The molecule has 0 amide bonds. The topological polar surface area (TPSA) is 21.3 Å². The Morgan fingerprint density at radius 3 is 2.31 bits per heavy atom. The summed E-state index contributed by atoms with van der Waals surface area (Å²) in [5.74, 6) is -1.62. The van der Waals surface area contributed by atoms with E-state index in [2.05, 4.69) is 30.1 Å². The molecule has 152 valence electrons. The van der Waals surface area contributed by atoms with Crippen molar-refractivity contribution in [2.75, 3.05) is 12.3 Å². The number of hydrogen-bond donors (Lipinski definition) is 2. The molecule has 0 heterocycles. The maximum atomic E-state index is 13.9. The predicted molar refractivity (Wildman–Crippen MR) is 113 cm³/mol. The van der Waals surface area contributed by atoms with Gasteiger partial charge < -0.3 is 10.1 Å². The van der Waals surface area contributed by atoms with Crippen LogP contribution in [0.4, 0.5) is 13.2 Å². The Morgan fingerprint density at radius 2 is 1.55 bits per heavy atom. The summed E-state index contributed by atoms with van der Waals surface area (Å²) < 4.78 is 46.2. The van der Waals surface area contributed by atoms with E-state index in [0.717, 1.165) is 36.9 Å². The van der Waals surface area contributed by atoms with E-state index in [1.807, 2.05) is 12.1 Å². The Morgan fingerprint density at radius 1 is 0.828 bits per heavy atom. The Hall–Kier alpha value is -2.44. The highest BCUT2D eigenvalue weighted by Gasteiger charge is 2.11. The fraction of sp³-hybridized carbons (Fsp3) is 0.217. The summed E-state index contributed by atoms with van der Waals surface area (Å²) in [4.78, 5) is 0. The van der Waals surface area contributed by atoms with Gasteiger partial charge in [-0.15, -0.1) is 0 Å². The van der Waals surface area contributed by atoms with Gasteiger partial charge in [-0.1, -0.05) is 36.4 Å². The van der Waals surface area contributed by atoms with E-state index in [1.54, 1.807) is 24.3 Å². The zero-order chi connectivity index (χ0) is 20.6. The third-order valence-corrected chi connectivity index (χ3v) is 4.73. The molecule has 3 rings (SSSR count). The molecule has 0 spiro atoms. The molecule has 0 aromatic heterocycles. The van der Waals surface area contributed by atoms with Crippen LogP contribution in [0.5, 0.6) is 5.75 Å². The van der Waals surface area contributed by atoms with E-state index in [9.17, 15) is 13.2 Å². The van der Waals surface area contributed by atoms with Gasteiger partial charge in [0.25, 0.3) is 0 Å². The first-order valence-corrected chi connectivity index (χ1v) is 9.97. The van der Waals surface area contributed by atoms with Crippen LogP contribution in [0.25, 0.3) is 11.1 Å². The maximum Gasteiger partial charge on any atom is 0.161 e. The lowest BCUT2D eigenvalue weighted by Crippen LogP contribution is -2.15. The average molecular weight is 417 g/mol. The molecule has 0 saturated carbocycles. The molecule has 0 aliphatic heterocycles. The minimum absolute atomic E-state index is 0.00793. The van der Waals surface area contributed by atoms with Gasteiger partial charge in [0.05, 0.1) is 0 Å². The van der Waals surface area contributed by atoms with Crippen LogP contribution in [0.3, 0.4) is 0 Å². The van der Waals surface area contributed by atoms with Gasteiger partial charge in [-0.3, -0.25) is 0 Å². The van der Waals surface area contributed by atoms with E-state index in [4.69, 9.17) is 4.74 Å². The summed E-state index contributed by atoms with van der Waals surface area (Å²) in [7, 11) is 0. The lowest BCUT2D eigenvalue weighted by atomic mass is 10.0. The van der Waals surface area contributed by atoms with Crippen molar-refractivity contribution in [1.82, 2.24) is 5.32 Å². The molecule has 0 radical (unpaired) electrons. The molecular weight excluding hydrogens is 395 g/mol. The first-order valence-electron chi connectivity index (χ1n) is 9.34.